The van der Waals surface area contributed by atoms with Gasteiger partial charge in [-0.05, 0) is 38.0 Å². The van der Waals surface area contributed by atoms with Crippen LogP contribution in [0.3, 0.4) is 0 Å². The Kier molecular flexibility index (Phi) is 5.07. The third kappa shape index (κ3) is 4.40. The molecule has 0 aromatic carbocycles. The minimum atomic E-state index is 0.725. The van der Waals surface area contributed by atoms with Gasteiger partial charge in [-0.2, -0.15) is 0 Å². The molecule has 116 valence electrons. The van der Waals surface area contributed by atoms with E-state index in [4.69, 9.17) is 4.98 Å². The second kappa shape index (κ2) is 7.21. The van der Waals surface area contributed by atoms with E-state index in [1.165, 1.54) is 44.9 Å². The van der Waals surface area contributed by atoms with Crippen molar-refractivity contribution in [3.63, 3.8) is 0 Å². The van der Waals surface area contributed by atoms with E-state index in [0.29, 0.717) is 0 Å². The van der Waals surface area contributed by atoms with E-state index in [-0.39, 0.29) is 0 Å². The van der Waals surface area contributed by atoms with E-state index in [0.717, 1.165) is 43.1 Å². The molecule has 2 fully saturated rings. The summed E-state index contributed by atoms with van der Waals surface area (Å²) >= 11 is 0. The highest BCUT2D eigenvalue weighted by Gasteiger charge is 2.21. The van der Waals surface area contributed by atoms with Crippen molar-refractivity contribution in [2.45, 2.75) is 64.5 Å². The summed E-state index contributed by atoms with van der Waals surface area (Å²) in [5, 5.41) is 3.52. The molecule has 4 heteroatoms. The molecule has 1 saturated carbocycles. The molecule has 1 aromatic rings. The summed E-state index contributed by atoms with van der Waals surface area (Å²) in [6.45, 7) is 5.43. The minimum Gasteiger partial charge on any atom is -0.355 e. The smallest absolute Gasteiger partial charge is 0.147 e. The Labute approximate surface area is 128 Å². The van der Waals surface area contributed by atoms with Crippen LogP contribution in [0.5, 0.6) is 0 Å². The first-order valence-electron chi connectivity index (χ1n) is 8.64. The summed E-state index contributed by atoms with van der Waals surface area (Å²) in [6.07, 6.45) is 13.1. The summed E-state index contributed by atoms with van der Waals surface area (Å²) in [4.78, 5) is 11.6. The minimum absolute atomic E-state index is 0.725. The predicted octanol–water partition coefficient (Wildman–Crippen LogP) is 3.14. The molecule has 2 aliphatic rings. The van der Waals surface area contributed by atoms with E-state index < -0.39 is 0 Å². The first kappa shape index (κ1) is 14.8. The molecule has 4 nitrogen and oxygen atoms in total. The van der Waals surface area contributed by atoms with E-state index in [1.807, 2.05) is 12.4 Å². The number of hydrogen-bond donors (Lipinski definition) is 1. The van der Waals surface area contributed by atoms with Crippen LogP contribution in [-0.2, 0) is 6.54 Å². The van der Waals surface area contributed by atoms with Crippen LogP contribution in [0.15, 0.2) is 12.4 Å². The number of anilines is 1. The molecule has 1 N–H and O–H groups in total. The fourth-order valence-corrected chi connectivity index (χ4v) is 3.26. The molecule has 1 aromatic heterocycles. The Morgan fingerprint density at radius 2 is 2.10 bits per heavy atom. The molecular weight excluding hydrogens is 260 g/mol. The maximum absolute atomic E-state index is 4.81. The highest BCUT2D eigenvalue weighted by atomic mass is 15.2. The van der Waals surface area contributed by atoms with Gasteiger partial charge in [0.1, 0.15) is 5.82 Å². The van der Waals surface area contributed by atoms with Crippen LogP contribution in [0.1, 0.15) is 57.6 Å². The Bertz CT molecular complexity index is 444. The van der Waals surface area contributed by atoms with Crippen molar-refractivity contribution >= 4 is 5.82 Å². The average molecular weight is 288 g/mol. The van der Waals surface area contributed by atoms with Crippen LogP contribution in [0, 0.1) is 5.92 Å². The Balaban J connectivity index is 1.58. The summed E-state index contributed by atoms with van der Waals surface area (Å²) in [6, 6.07) is 0.725. The van der Waals surface area contributed by atoms with Crippen LogP contribution >= 0.6 is 0 Å². The standard InChI is InChI=1S/C17H28N4/c1-2-4-14-5-3-9-21(10-8-14)17-13-18-11-16(20-17)12-19-15-6-7-15/h11,13-15,19H,2-10,12H2,1H3. The fraction of sp³-hybridized carbons (Fsp3) is 0.765. The first-order chi connectivity index (χ1) is 10.3. The number of aromatic nitrogens is 2. The number of hydrogen-bond acceptors (Lipinski definition) is 4. The zero-order chi connectivity index (χ0) is 14.5. The molecule has 0 amide bonds. The van der Waals surface area contributed by atoms with Crippen molar-refractivity contribution in [1.82, 2.24) is 15.3 Å². The van der Waals surface area contributed by atoms with Gasteiger partial charge in [0.2, 0.25) is 0 Å². The van der Waals surface area contributed by atoms with E-state index >= 15 is 0 Å². The molecule has 1 aliphatic carbocycles. The van der Waals surface area contributed by atoms with E-state index in [9.17, 15) is 0 Å². The molecule has 1 atom stereocenters. The molecule has 1 saturated heterocycles. The van der Waals surface area contributed by atoms with Crippen LogP contribution in [-0.4, -0.2) is 29.1 Å². The quantitative estimate of drug-likeness (QED) is 0.873. The summed E-state index contributed by atoms with van der Waals surface area (Å²) < 4.78 is 0. The van der Waals surface area contributed by atoms with Crippen molar-refractivity contribution in [2.75, 3.05) is 18.0 Å². The van der Waals surface area contributed by atoms with E-state index in [2.05, 4.69) is 22.1 Å². The molecule has 1 unspecified atom stereocenters. The lowest BCUT2D eigenvalue weighted by molar-refractivity contribution is 0.435. The largest absolute Gasteiger partial charge is 0.355 e. The van der Waals surface area contributed by atoms with Crippen LogP contribution < -0.4 is 10.2 Å². The van der Waals surface area contributed by atoms with Crippen LogP contribution in [0.2, 0.25) is 0 Å². The fourth-order valence-electron chi connectivity index (χ4n) is 3.26. The molecule has 2 heterocycles. The Morgan fingerprint density at radius 3 is 2.90 bits per heavy atom. The van der Waals surface area contributed by atoms with Crippen LogP contribution in [0.25, 0.3) is 0 Å². The van der Waals surface area contributed by atoms with Crippen molar-refractivity contribution in [2.24, 2.45) is 5.92 Å². The second-order valence-electron chi connectivity index (χ2n) is 6.60. The highest BCUT2D eigenvalue weighted by molar-refractivity contribution is 5.36. The van der Waals surface area contributed by atoms with E-state index in [1.54, 1.807) is 0 Å². The number of nitrogens with zero attached hydrogens (tertiary/aromatic N) is 3. The average Bonchev–Trinajstić information content (AvgIpc) is 3.33. The van der Waals surface area contributed by atoms with Gasteiger partial charge in [-0.25, -0.2) is 4.98 Å². The zero-order valence-corrected chi connectivity index (χ0v) is 13.2. The number of rotatable bonds is 6. The summed E-state index contributed by atoms with van der Waals surface area (Å²) in [5.41, 5.74) is 1.08. The maximum atomic E-state index is 4.81. The van der Waals surface area contributed by atoms with Gasteiger partial charge in [-0.1, -0.05) is 19.8 Å². The Hall–Kier alpha value is -1.16. The maximum Gasteiger partial charge on any atom is 0.147 e. The van der Waals surface area contributed by atoms with Gasteiger partial charge in [0.15, 0.2) is 0 Å². The van der Waals surface area contributed by atoms with Gasteiger partial charge in [-0.3, -0.25) is 4.98 Å². The van der Waals surface area contributed by atoms with Crippen molar-refractivity contribution in [1.29, 1.82) is 0 Å². The molecular formula is C17H28N4. The molecule has 1 aliphatic heterocycles. The molecule has 3 rings (SSSR count). The molecule has 21 heavy (non-hydrogen) atoms. The normalized spacial score (nSPS) is 23.1. The molecule has 0 spiro atoms. The third-order valence-electron chi connectivity index (χ3n) is 4.69. The van der Waals surface area contributed by atoms with Crippen molar-refractivity contribution in [3.8, 4) is 0 Å². The topological polar surface area (TPSA) is 41.1 Å². The summed E-state index contributed by atoms with van der Waals surface area (Å²) in [5.74, 6) is 1.98. The Morgan fingerprint density at radius 1 is 1.19 bits per heavy atom. The third-order valence-corrected chi connectivity index (χ3v) is 4.69. The van der Waals surface area contributed by atoms with Crippen LogP contribution in [0.4, 0.5) is 5.82 Å². The van der Waals surface area contributed by atoms with Gasteiger partial charge in [0, 0.05) is 31.9 Å². The zero-order valence-electron chi connectivity index (χ0n) is 13.2. The van der Waals surface area contributed by atoms with Crippen molar-refractivity contribution < 1.29 is 0 Å². The second-order valence-corrected chi connectivity index (χ2v) is 6.60. The monoisotopic (exact) mass is 288 g/mol. The molecule has 0 radical (unpaired) electrons. The molecule has 0 bridgehead atoms. The first-order valence-corrected chi connectivity index (χ1v) is 8.64. The highest BCUT2D eigenvalue weighted by Crippen LogP contribution is 2.24. The lowest BCUT2D eigenvalue weighted by Crippen LogP contribution is -2.26. The van der Waals surface area contributed by atoms with Gasteiger partial charge < -0.3 is 10.2 Å². The lowest BCUT2D eigenvalue weighted by atomic mass is 9.96. The number of nitrogens with one attached hydrogen (secondary N) is 1. The van der Waals surface area contributed by atoms with Crippen molar-refractivity contribution in [3.05, 3.63) is 18.1 Å². The van der Waals surface area contributed by atoms with Gasteiger partial charge in [-0.15, -0.1) is 0 Å². The SMILES string of the molecule is CCCC1CCCN(c2cncc(CNC3CC3)n2)CC1. The van der Waals surface area contributed by atoms with Gasteiger partial charge >= 0.3 is 0 Å². The summed E-state index contributed by atoms with van der Waals surface area (Å²) in [7, 11) is 0. The lowest BCUT2D eigenvalue weighted by Gasteiger charge is -2.21. The van der Waals surface area contributed by atoms with Gasteiger partial charge in [0.05, 0.1) is 11.9 Å². The van der Waals surface area contributed by atoms with Gasteiger partial charge in [0.25, 0.3) is 0 Å². The predicted molar refractivity (Wildman–Crippen MR) is 86.4 cm³/mol.